The second-order valence-corrected chi connectivity index (χ2v) is 4.65. The Kier molecular flexibility index (Phi) is 3.91. The van der Waals surface area contributed by atoms with E-state index in [0.717, 1.165) is 19.3 Å². The largest absolute Gasteiger partial charge is 0.468 e. The van der Waals surface area contributed by atoms with Crippen molar-refractivity contribution in [2.24, 2.45) is 11.1 Å². The van der Waals surface area contributed by atoms with E-state index in [-0.39, 0.29) is 18.5 Å². The topological polar surface area (TPSA) is 72.6 Å². The van der Waals surface area contributed by atoms with E-state index in [2.05, 4.69) is 4.74 Å². The van der Waals surface area contributed by atoms with Gasteiger partial charge in [-0.05, 0) is 19.8 Å². The number of hydrogen-bond acceptors (Lipinski definition) is 4. The maximum atomic E-state index is 12.2. The molecule has 5 nitrogen and oxygen atoms in total. The predicted octanol–water partition coefficient (Wildman–Crippen LogP) is 0.135. The second kappa shape index (κ2) is 4.82. The molecule has 0 bridgehead atoms. The minimum Gasteiger partial charge on any atom is -0.468 e. The van der Waals surface area contributed by atoms with Gasteiger partial charge in [0.15, 0.2) is 0 Å². The van der Waals surface area contributed by atoms with Crippen LogP contribution in [0, 0.1) is 5.41 Å². The van der Waals surface area contributed by atoms with E-state index >= 15 is 0 Å². The molecule has 1 fully saturated rings. The first-order valence-electron chi connectivity index (χ1n) is 5.50. The minimum atomic E-state index is -0.525. The molecule has 0 aromatic rings. The lowest BCUT2D eigenvalue weighted by molar-refractivity contribution is -0.150. The summed E-state index contributed by atoms with van der Waals surface area (Å²) in [5.41, 5.74) is 5.43. The van der Waals surface area contributed by atoms with Gasteiger partial charge in [-0.25, -0.2) is 0 Å². The molecule has 2 N–H and O–H groups in total. The highest BCUT2D eigenvalue weighted by Crippen LogP contribution is 2.38. The first-order chi connectivity index (χ1) is 7.41. The average molecular weight is 228 g/mol. The normalized spacial score (nSPS) is 28.9. The van der Waals surface area contributed by atoms with Crippen molar-refractivity contribution in [3.63, 3.8) is 0 Å². The molecule has 0 heterocycles. The van der Waals surface area contributed by atoms with Crippen LogP contribution in [0.4, 0.5) is 0 Å². The Hall–Kier alpha value is -1.10. The Morgan fingerprint density at radius 2 is 2.19 bits per heavy atom. The lowest BCUT2D eigenvalue weighted by Gasteiger charge is -2.31. The maximum Gasteiger partial charge on any atom is 0.325 e. The molecule has 1 aliphatic carbocycles. The van der Waals surface area contributed by atoms with Gasteiger partial charge in [0.05, 0.1) is 12.5 Å². The standard InChI is InChI=1S/C11H20N2O3/c1-11(6-4-5-8(11)12)10(15)13(2)7-9(14)16-3/h8H,4-7,12H2,1-3H3. The third-order valence-electron chi connectivity index (χ3n) is 3.46. The fraction of sp³-hybridized carbons (Fsp3) is 0.818. The van der Waals surface area contributed by atoms with Crippen LogP contribution >= 0.6 is 0 Å². The van der Waals surface area contributed by atoms with E-state index in [9.17, 15) is 9.59 Å². The fourth-order valence-electron chi connectivity index (χ4n) is 2.22. The van der Waals surface area contributed by atoms with Gasteiger partial charge in [-0.2, -0.15) is 0 Å². The van der Waals surface area contributed by atoms with Crippen LogP contribution < -0.4 is 5.73 Å². The number of likely N-dealkylation sites (N-methyl/N-ethyl adjacent to an activating group) is 1. The fourth-order valence-corrected chi connectivity index (χ4v) is 2.22. The van der Waals surface area contributed by atoms with Gasteiger partial charge in [-0.3, -0.25) is 9.59 Å². The SMILES string of the molecule is COC(=O)CN(C)C(=O)C1(C)CCCC1N. The number of methoxy groups -OCH3 is 1. The lowest BCUT2D eigenvalue weighted by atomic mass is 9.83. The smallest absolute Gasteiger partial charge is 0.325 e. The zero-order chi connectivity index (χ0) is 12.3. The molecule has 0 aromatic heterocycles. The number of rotatable bonds is 3. The maximum absolute atomic E-state index is 12.2. The van der Waals surface area contributed by atoms with Gasteiger partial charge < -0.3 is 15.4 Å². The van der Waals surface area contributed by atoms with Crippen LogP contribution in [-0.4, -0.2) is 43.5 Å². The summed E-state index contributed by atoms with van der Waals surface area (Å²) >= 11 is 0. The number of esters is 1. The van der Waals surface area contributed by atoms with Crippen LogP contribution in [-0.2, 0) is 14.3 Å². The zero-order valence-corrected chi connectivity index (χ0v) is 10.2. The first-order valence-corrected chi connectivity index (χ1v) is 5.50. The highest BCUT2D eigenvalue weighted by Gasteiger charge is 2.44. The number of amides is 1. The van der Waals surface area contributed by atoms with E-state index in [1.807, 2.05) is 6.92 Å². The molecule has 1 rings (SSSR count). The van der Waals surface area contributed by atoms with E-state index in [4.69, 9.17) is 5.73 Å². The van der Waals surface area contributed by atoms with Crippen LogP contribution in [0.5, 0.6) is 0 Å². The van der Waals surface area contributed by atoms with Crippen molar-refractivity contribution < 1.29 is 14.3 Å². The van der Waals surface area contributed by atoms with Crippen molar-refractivity contribution in [1.82, 2.24) is 4.90 Å². The van der Waals surface area contributed by atoms with Crippen molar-refractivity contribution in [1.29, 1.82) is 0 Å². The van der Waals surface area contributed by atoms with Crippen LogP contribution in [0.2, 0.25) is 0 Å². The van der Waals surface area contributed by atoms with Crippen molar-refractivity contribution in [2.45, 2.75) is 32.2 Å². The first kappa shape index (κ1) is 13.0. The molecule has 16 heavy (non-hydrogen) atoms. The molecule has 1 amide bonds. The van der Waals surface area contributed by atoms with Gasteiger partial charge in [0, 0.05) is 13.1 Å². The van der Waals surface area contributed by atoms with Crippen LogP contribution in [0.15, 0.2) is 0 Å². The molecule has 0 aromatic carbocycles. The Morgan fingerprint density at radius 1 is 1.56 bits per heavy atom. The number of carbonyl (C=O) groups is 2. The molecule has 2 unspecified atom stereocenters. The molecule has 1 aliphatic rings. The summed E-state index contributed by atoms with van der Waals surface area (Å²) < 4.78 is 4.53. The second-order valence-electron chi connectivity index (χ2n) is 4.65. The highest BCUT2D eigenvalue weighted by molar-refractivity contribution is 5.86. The summed E-state index contributed by atoms with van der Waals surface area (Å²) in [5.74, 6) is -0.478. The molecule has 1 saturated carbocycles. The van der Waals surface area contributed by atoms with Crippen molar-refractivity contribution in [3.05, 3.63) is 0 Å². The number of hydrogen-bond donors (Lipinski definition) is 1. The summed E-state index contributed by atoms with van der Waals surface area (Å²) in [5, 5.41) is 0. The van der Waals surface area contributed by atoms with E-state index in [1.165, 1.54) is 12.0 Å². The zero-order valence-electron chi connectivity index (χ0n) is 10.2. The van der Waals surface area contributed by atoms with Gasteiger partial charge >= 0.3 is 5.97 Å². The Bertz CT molecular complexity index is 293. The Labute approximate surface area is 95.9 Å². The summed E-state index contributed by atoms with van der Waals surface area (Å²) in [6.07, 6.45) is 2.63. The molecule has 5 heteroatoms. The molecule has 0 aliphatic heterocycles. The molecular formula is C11H20N2O3. The summed E-state index contributed by atoms with van der Waals surface area (Å²) in [6.45, 7) is 1.86. The molecule has 92 valence electrons. The molecule has 0 radical (unpaired) electrons. The van der Waals surface area contributed by atoms with Crippen molar-refractivity contribution >= 4 is 11.9 Å². The van der Waals surface area contributed by atoms with Gasteiger partial charge in [0.25, 0.3) is 0 Å². The predicted molar refractivity (Wildman–Crippen MR) is 59.6 cm³/mol. The molecule has 0 spiro atoms. The summed E-state index contributed by atoms with van der Waals surface area (Å²) in [6, 6.07) is -0.111. The highest BCUT2D eigenvalue weighted by atomic mass is 16.5. The van der Waals surface area contributed by atoms with Crippen molar-refractivity contribution in [3.8, 4) is 0 Å². The number of ether oxygens (including phenoxy) is 1. The quantitative estimate of drug-likeness (QED) is 0.697. The Morgan fingerprint density at radius 3 is 2.62 bits per heavy atom. The van der Waals surface area contributed by atoms with E-state index < -0.39 is 11.4 Å². The minimum absolute atomic E-state index is 0.0162. The summed E-state index contributed by atoms with van der Waals surface area (Å²) in [7, 11) is 2.92. The average Bonchev–Trinajstić information content (AvgIpc) is 2.59. The Balaban J connectivity index is 2.66. The van der Waals surface area contributed by atoms with Crippen LogP contribution in [0.25, 0.3) is 0 Å². The third-order valence-corrected chi connectivity index (χ3v) is 3.46. The number of carbonyl (C=O) groups excluding carboxylic acids is 2. The third kappa shape index (κ3) is 2.35. The molecule has 2 atom stereocenters. The van der Waals surface area contributed by atoms with Gasteiger partial charge in [0.1, 0.15) is 6.54 Å². The van der Waals surface area contributed by atoms with Gasteiger partial charge in [-0.1, -0.05) is 6.42 Å². The van der Waals surface area contributed by atoms with E-state index in [1.54, 1.807) is 7.05 Å². The summed E-state index contributed by atoms with van der Waals surface area (Å²) in [4.78, 5) is 24.6. The number of nitrogens with two attached hydrogens (primary N) is 1. The van der Waals surface area contributed by atoms with Crippen LogP contribution in [0.1, 0.15) is 26.2 Å². The van der Waals surface area contributed by atoms with Gasteiger partial charge in [0.2, 0.25) is 5.91 Å². The van der Waals surface area contributed by atoms with Crippen molar-refractivity contribution in [2.75, 3.05) is 20.7 Å². The lowest BCUT2D eigenvalue weighted by Crippen LogP contribution is -2.49. The van der Waals surface area contributed by atoms with Crippen LogP contribution in [0.3, 0.4) is 0 Å². The number of nitrogens with zero attached hydrogens (tertiary/aromatic N) is 1. The van der Waals surface area contributed by atoms with E-state index in [0.29, 0.717) is 0 Å². The molecular weight excluding hydrogens is 208 g/mol. The monoisotopic (exact) mass is 228 g/mol. The molecule has 0 saturated heterocycles. The van der Waals surface area contributed by atoms with Gasteiger partial charge in [-0.15, -0.1) is 0 Å².